The van der Waals surface area contributed by atoms with Gasteiger partial charge in [-0.3, -0.25) is 0 Å². The Labute approximate surface area is 130 Å². The van der Waals surface area contributed by atoms with Gasteiger partial charge in [0.15, 0.2) is 5.75 Å². The van der Waals surface area contributed by atoms with Crippen molar-refractivity contribution in [3.05, 3.63) is 22.2 Å². The number of hydrogen-bond acceptors (Lipinski definition) is 6. The molecule has 7 nitrogen and oxygen atoms in total. The topological polar surface area (TPSA) is 105 Å². The molecule has 2 N–H and O–H groups in total. The number of halogens is 1. The van der Waals surface area contributed by atoms with Crippen LogP contribution < -0.4 is 9.88 Å². The van der Waals surface area contributed by atoms with Crippen molar-refractivity contribution in [2.24, 2.45) is 5.14 Å². The molecule has 1 aromatic carbocycles. The van der Waals surface area contributed by atoms with Gasteiger partial charge in [0.2, 0.25) is 10.0 Å². The number of rotatable bonds is 4. The molecule has 1 atom stereocenters. The Balaban J connectivity index is 2.36. The molecular formula is C12H14BrNO6S. The Kier molecular flexibility index (Phi) is 4.87. The van der Waals surface area contributed by atoms with Crippen molar-refractivity contribution in [1.29, 1.82) is 0 Å². The largest absolute Gasteiger partial charge is 0.494 e. The maximum atomic E-state index is 12.1. The first kappa shape index (κ1) is 16.2. The third-order valence-corrected chi connectivity index (χ3v) is 4.42. The lowest BCUT2D eigenvalue weighted by Crippen LogP contribution is -2.19. The summed E-state index contributed by atoms with van der Waals surface area (Å²) < 4.78 is 38.8. The van der Waals surface area contributed by atoms with Crippen LogP contribution in [0.5, 0.6) is 5.75 Å². The van der Waals surface area contributed by atoms with E-state index in [0.29, 0.717) is 24.1 Å². The fourth-order valence-corrected chi connectivity index (χ4v) is 3.42. The summed E-state index contributed by atoms with van der Waals surface area (Å²) in [5.41, 5.74) is 0.0681. The van der Waals surface area contributed by atoms with Crippen molar-refractivity contribution >= 4 is 31.9 Å². The standard InChI is InChI=1S/C12H14BrNO6S/c1-18-11-9(13)4-7(5-10(11)21(14,16)17)12(15)20-8-2-3-19-6-8/h4-5,8H,2-3,6H2,1H3,(H2,14,16,17). The van der Waals surface area contributed by atoms with Crippen molar-refractivity contribution < 1.29 is 27.4 Å². The Morgan fingerprint density at radius 2 is 2.19 bits per heavy atom. The molecule has 1 aliphatic rings. The summed E-state index contributed by atoms with van der Waals surface area (Å²) in [6.07, 6.45) is 0.293. The highest BCUT2D eigenvalue weighted by Gasteiger charge is 2.25. The molecule has 0 bridgehead atoms. The maximum Gasteiger partial charge on any atom is 0.338 e. The van der Waals surface area contributed by atoms with E-state index in [1.54, 1.807) is 0 Å². The molecular weight excluding hydrogens is 366 g/mol. The van der Waals surface area contributed by atoms with Crippen LogP contribution in [0, 0.1) is 0 Å². The number of esters is 1. The first-order valence-corrected chi connectivity index (χ1v) is 8.36. The number of sulfonamides is 1. The summed E-state index contributed by atoms with van der Waals surface area (Å²) in [5, 5.41) is 5.13. The lowest BCUT2D eigenvalue weighted by molar-refractivity contribution is 0.0270. The van der Waals surface area contributed by atoms with Crippen LogP contribution in [0.3, 0.4) is 0 Å². The molecule has 1 fully saturated rings. The third-order valence-electron chi connectivity index (χ3n) is 2.92. The van der Waals surface area contributed by atoms with Gasteiger partial charge in [0.1, 0.15) is 11.0 Å². The molecule has 0 aliphatic carbocycles. The highest BCUT2D eigenvalue weighted by atomic mass is 79.9. The van der Waals surface area contributed by atoms with Gasteiger partial charge >= 0.3 is 5.97 Å². The second-order valence-electron chi connectivity index (χ2n) is 4.43. The summed E-state index contributed by atoms with van der Waals surface area (Å²) in [6, 6.07) is 2.56. The Morgan fingerprint density at radius 3 is 2.71 bits per heavy atom. The van der Waals surface area contributed by atoms with Gasteiger partial charge in [-0.2, -0.15) is 0 Å². The van der Waals surface area contributed by atoms with Gasteiger partial charge in [0.05, 0.1) is 30.4 Å². The number of carbonyl (C=O) groups is 1. The molecule has 0 aromatic heterocycles. The predicted octanol–water partition coefficient (Wildman–Crippen LogP) is 1.05. The first-order chi connectivity index (χ1) is 9.82. The van der Waals surface area contributed by atoms with E-state index in [-0.39, 0.29) is 22.3 Å². The fourth-order valence-electron chi connectivity index (χ4n) is 1.92. The van der Waals surface area contributed by atoms with Gasteiger partial charge in [0, 0.05) is 6.42 Å². The van der Waals surface area contributed by atoms with E-state index in [4.69, 9.17) is 19.3 Å². The number of methoxy groups -OCH3 is 1. The van der Waals surface area contributed by atoms with E-state index in [9.17, 15) is 13.2 Å². The monoisotopic (exact) mass is 379 g/mol. The highest BCUT2D eigenvalue weighted by molar-refractivity contribution is 9.10. The first-order valence-electron chi connectivity index (χ1n) is 6.02. The van der Waals surface area contributed by atoms with Crippen LogP contribution in [0.25, 0.3) is 0 Å². The summed E-state index contributed by atoms with van der Waals surface area (Å²) >= 11 is 3.15. The summed E-state index contributed by atoms with van der Waals surface area (Å²) in [6.45, 7) is 0.873. The normalized spacial score (nSPS) is 18.5. The second-order valence-corrected chi connectivity index (χ2v) is 6.81. The molecule has 1 saturated heterocycles. The Bertz CT molecular complexity index is 654. The highest BCUT2D eigenvalue weighted by Crippen LogP contribution is 2.33. The summed E-state index contributed by atoms with van der Waals surface area (Å²) in [7, 11) is -2.73. The fraction of sp³-hybridized carbons (Fsp3) is 0.417. The molecule has 1 aromatic rings. The van der Waals surface area contributed by atoms with Crippen LogP contribution in [0.4, 0.5) is 0 Å². The van der Waals surface area contributed by atoms with Gasteiger partial charge < -0.3 is 14.2 Å². The zero-order valence-corrected chi connectivity index (χ0v) is 13.6. The zero-order valence-electron chi connectivity index (χ0n) is 11.2. The SMILES string of the molecule is COc1c(Br)cc(C(=O)OC2CCOC2)cc1S(N)(=O)=O. The van der Waals surface area contributed by atoms with Crippen LogP contribution in [-0.2, 0) is 19.5 Å². The lowest BCUT2D eigenvalue weighted by atomic mass is 10.2. The molecule has 0 amide bonds. The number of primary sulfonamides is 1. The number of nitrogens with two attached hydrogens (primary N) is 1. The average Bonchev–Trinajstić information content (AvgIpc) is 2.89. The van der Waals surface area contributed by atoms with Gasteiger partial charge in [-0.25, -0.2) is 18.4 Å². The van der Waals surface area contributed by atoms with Crippen LogP contribution in [0.1, 0.15) is 16.8 Å². The van der Waals surface area contributed by atoms with E-state index in [1.165, 1.54) is 13.2 Å². The van der Waals surface area contributed by atoms with Crippen molar-refractivity contribution in [3.8, 4) is 5.75 Å². The summed E-state index contributed by atoms with van der Waals surface area (Å²) in [4.78, 5) is 11.8. The summed E-state index contributed by atoms with van der Waals surface area (Å²) in [5.74, 6) is -0.600. The Morgan fingerprint density at radius 1 is 1.48 bits per heavy atom. The number of hydrogen-bond donors (Lipinski definition) is 1. The van der Waals surface area contributed by atoms with Crippen LogP contribution >= 0.6 is 15.9 Å². The number of benzene rings is 1. The third kappa shape index (κ3) is 3.73. The predicted molar refractivity (Wildman–Crippen MR) is 76.7 cm³/mol. The van der Waals surface area contributed by atoms with Crippen molar-refractivity contribution in [2.45, 2.75) is 17.4 Å². The van der Waals surface area contributed by atoms with E-state index in [2.05, 4.69) is 15.9 Å². The number of carbonyl (C=O) groups excluding carboxylic acids is 1. The molecule has 1 heterocycles. The molecule has 21 heavy (non-hydrogen) atoms. The van der Waals surface area contributed by atoms with Gasteiger partial charge in [0.25, 0.3) is 0 Å². The molecule has 1 aliphatic heterocycles. The average molecular weight is 380 g/mol. The molecule has 9 heteroatoms. The van der Waals surface area contributed by atoms with Gasteiger partial charge in [-0.05, 0) is 28.1 Å². The van der Waals surface area contributed by atoms with E-state index >= 15 is 0 Å². The molecule has 0 radical (unpaired) electrons. The number of ether oxygens (including phenoxy) is 3. The lowest BCUT2D eigenvalue weighted by Gasteiger charge is -2.13. The van der Waals surface area contributed by atoms with Crippen molar-refractivity contribution in [1.82, 2.24) is 0 Å². The molecule has 116 valence electrons. The van der Waals surface area contributed by atoms with E-state index in [0.717, 1.165) is 6.07 Å². The minimum absolute atomic E-state index is 0.0400. The van der Waals surface area contributed by atoms with E-state index < -0.39 is 16.0 Å². The van der Waals surface area contributed by atoms with Gasteiger partial charge in [-0.1, -0.05) is 0 Å². The molecule has 0 spiro atoms. The molecule has 1 unspecified atom stereocenters. The molecule has 2 rings (SSSR count). The van der Waals surface area contributed by atoms with Crippen molar-refractivity contribution in [3.63, 3.8) is 0 Å². The quantitative estimate of drug-likeness (QED) is 0.783. The minimum Gasteiger partial charge on any atom is -0.494 e. The van der Waals surface area contributed by atoms with Crippen LogP contribution in [0.2, 0.25) is 0 Å². The minimum atomic E-state index is -4.04. The van der Waals surface area contributed by atoms with E-state index in [1.807, 2.05) is 0 Å². The second kappa shape index (κ2) is 6.30. The zero-order chi connectivity index (χ0) is 15.6. The maximum absolute atomic E-state index is 12.1. The van der Waals surface area contributed by atoms with Gasteiger partial charge in [-0.15, -0.1) is 0 Å². The molecule has 0 saturated carbocycles. The van der Waals surface area contributed by atoms with Crippen LogP contribution in [0.15, 0.2) is 21.5 Å². The Hall–Kier alpha value is -1.16. The smallest absolute Gasteiger partial charge is 0.338 e. The van der Waals surface area contributed by atoms with Crippen molar-refractivity contribution in [2.75, 3.05) is 20.3 Å². The van der Waals surface area contributed by atoms with Crippen LogP contribution in [-0.4, -0.2) is 40.8 Å².